The molecule has 6 rings (SSSR count). The molecule has 2 fully saturated rings. The van der Waals surface area contributed by atoms with Crippen LogP contribution in [0.3, 0.4) is 0 Å². The Balaban J connectivity index is 1.09. The van der Waals surface area contributed by atoms with E-state index >= 15 is 4.39 Å². The van der Waals surface area contributed by atoms with Gasteiger partial charge in [0.2, 0.25) is 11.8 Å². The summed E-state index contributed by atoms with van der Waals surface area (Å²) in [5.74, 6) is -1.60. The van der Waals surface area contributed by atoms with Crippen LogP contribution in [0.2, 0.25) is 0 Å². The Morgan fingerprint density at radius 2 is 1.81 bits per heavy atom. The van der Waals surface area contributed by atoms with Crippen molar-refractivity contribution in [3.63, 3.8) is 0 Å². The minimum atomic E-state index is -0.710. The van der Waals surface area contributed by atoms with Crippen LogP contribution in [0.15, 0.2) is 49.1 Å². The molecule has 3 aliphatic heterocycles. The number of benzene rings is 2. The van der Waals surface area contributed by atoms with E-state index in [1.165, 1.54) is 22.9 Å². The summed E-state index contributed by atoms with van der Waals surface area (Å²) in [5, 5.41) is 6.44. The molecular formula is C26H26FN7O3. The number of piperazine rings is 1. The molecule has 3 aromatic rings. The van der Waals surface area contributed by atoms with Crippen molar-refractivity contribution in [3.05, 3.63) is 71.6 Å². The maximum atomic E-state index is 15.1. The van der Waals surface area contributed by atoms with E-state index in [1.807, 2.05) is 17.0 Å². The van der Waals surface area contributed by atoms with Gasteiger partial charge in [-0.25, -0.2) is 14.1 Å². The van der Waals surface area contributed by atoms with Crippen LogP contribution in [0.1, 0.15) is 34.3 Å². The first kappa shape index (κ1) is 23.3. The number of nitrogens with one attached hydrogen (secondary N) is 1. The van der Waals surface area contributed by atoms with Crippen LogP contribution in [0.5, 0.6) is 0 Å². The number of rotatable bonds is 5. The second-order valence-corrected chi connectivity index (χ2v) is 9.63. The van der Waals surface area contributed by atoms with E-state index in [9.17, 15) is 14.4 Å². The molecule has 0 bridgehead atoms. The van der Waals surface area contributed by atoms with Gasteiger partial charge >= 0.3 is 0 Å². The summed E-state index contributed by atoms with van der Waals surface area (Å²) in [6.07, 6.45) is 3.63. The zero-order valence-corrected chi connectivity index (χ0v) is 20.1. The summed E-state index contributed by atoms with van der Waals surface area (Å²) in [5.41, 5.74) is 3.62. The van der Waals surface area contributed by atoms with Crippen molar-refractivity contribution in [3.8, 4) is 5.69 Å². The molecule has 0 saturated carbocycles. The van der Waals surface area contributed by atoms with E-state index < -0.39 is 17.8 Å². The van der Waals surface area contributed by atoms with E-state index in [0.717, 1.165) is 25.3 Å². The van der Waals surface area contributed by atoms with Gasteiger partial charge in [0.05, 0.1) is 11.4 Å². The highest BCUT2D eigenvalue weighted by Crippen LogP contribution is 2.33. The number of amides is 3. The number of hydrogen-bond donors (Lipinski definition) is 1. The maximum Gasteiger partial charge on any atom is 0.255 e. The molecule has 11 heteroatoms. The third-order valence-electron chi connectivity index (χ3n) is 7.33. The average molecular weight is 504 g/mol. The third-order valence-corrected chi connectivity index (χ3v) is 7.33. The predicted molar refractivity (Wildman–Crippen MR) is 131 cm³/mol. The molecule has 1 N–H and O–H groups in total. The Kier molecular flexibility index (Phi) is 5.91. The fraction of sp³-hybridized carbons (Fsp3) is 0.346. The number of hydrogen-bond acceptors (Lipinski definition) is 7. The highest BCUT2D eigenvalue weighted by atomic mass is 19.1. The monoisotopic (exact) mass is 503 g/mol. The zero-order chi connectivity index (χ0) is 25.5. The predicted octanol–water partition coefficient (Wildman–Crippen LogP) is 1.49. The van der Waals surface area contributed by atoms with Gasteiger partial charge in [0.25, 0.3) is 5.91 Å². The van der Waals surface area contributed by atoms with Crippen LogP contribution < -0.4 is 10.2 Å². The van der Waals surface area contributed by atoms with Crippen molar-refractivity contribution in [2.45, 2.75) is 32.0 Å². The van der Waals surface area contributed by atoms with Crippen LogP contribution in [-0.2, 0) is 22.7 Å². The van der Waals surface area contributed by atoms with E-state index in [1.54, 1.807) is 17.1 Å². The Morgan fingerprint density at radius 3 is 2.51 bits per heavy atom. The van der Waals surface area contributed by atoms with Crippen molar-refractivity contribution in [1.29, 1.82) is 0 Å². The molecule has 0 aliphatic carbocycles. The molecule has 10 nitrogen and oxygen atoms in total. The van der Waals surface area contributed by atoms with Gasteiger partial charge in [-0.1, -0.05) is 12.1 Å². The molecule has 0 radical (unpaired) electrons. The first-order valence-corrected chi connectivity index (χ1v) is 12.3. The smallest absolute Gasteiger partial charge is 0.255 e. The number of anilines is 1. The van der Waals surface area contributed by atoms with Crippen LogP contribution in [0, 0.1) is 5.82 Å². The summed E-state index contributed by atoms with van der Waals surface area (Å²) in [6, 6.07) is 10.5. The zero-order valence-electron chi connectivity index (χ0n) is 20.1. The Morgan fingerprint density at radius 1 is 1.03 bits per heavy atom. The third kappa shape index (κ3) is 4.46. The summed E-state index contributed by atoms with van der Waals surface area (Å²) < 4.78 is 16.9. The van der Waals surface area contributed by atoms with Crippen molar-refractivity contribution in [2.75, 3.05) is 31.1 Å². The molecular weight excluding hydrogens is 477 g/mol. The highest BCUT2D eigenvalue weighted by Gasteiger charge is 2.40. The lowest BCUT2D eigenvalue weighted by molar-refractivity contribution is -0.136. The Hall–Kier alpha value is -4.12. The molecule has 3 amide bonds. The van der Waals surface area contributed by atoms with Crippen LogP contribution in [-0.4, -0.2) is 74.5 Å². The topological polar surface area (TPSA) is 104 Å². The lowest BCUT2D eigenvalue weighted by atomic mass is 10.0. The van der Waals surface area contributed by atoms with Crippen molar-refractivity contribution >= 4 is 23.4 Å². The Bertz CT molecular complexity index is 1350. The first-order valence-electron chi connectivity index (χ1n) is 12.3. The number of fused-ring (bicyclic) bond motifs is 1. The van der Waals surface area contributed by atoms with Gasteiger partial charge in [0, 0.05) is 51.3 Å². The quantitative estimate of drug-likeness (QED) is 0.526. The van der Waals surface area contributed by atoms with Gasteiger partial charge in [-0.2, -0.15) is 5.10 Å². The van der Waals surface area contributed by atoms with Gasteiger partial charge in [-0.15, -0.1) is 0 Å². The summed E-state index contributed by atoms with van der Waals surface area (Å²) >= 11 is 0. The number of imide groups is 1. The average Bonchev–Trinajstić information content (AvgIpc) is 3.54. The summed E-state index contributed by atoms with van der Waals surface area (Å²) in [4.78, 5) is 46.5. The molecule has 2 aromatic carbocycles. The molecule has 190 valence electrons. The number of carbonyl (C=O) groups is 3. The van der Waals surface area contributed by atoms with Crippen LogP contribution in [0.4, 0.5) is 10.1 Å². The van der Waals surface area contributed by atoms with E-state index in [4.69, 9.17) is 0 Å². The maximum absolute atomic E-state index is 15.1. The minimum absolute atomic E-state index is 0.187. The van der Waals surface area contributed by atoms with Crippen molar-refractivity contribution in [1.82, 2.24) is 29.9 Å². The fourth-order valence-electron chi connectivity index (χ4n) is 5.32. The van der Waals surface area contributed by atoms with Crippen molar-refractivity contribution < 1.29 is 18.8 Å². The first-order chi connectivity index (χ1) is 18.0. The Labute approximate surface area is 212 Å². The van der Waals surface area contributed by atoms with E-state index in [-0.39, 0.29) is 31.2 Å². The lowest BCUT2D eigenvalue weighted by Gasteiger charge is -2.36. The number of carbonyl (C=O) groups excluding carboxylic acids is 3. The second-order valence-electron chi connectivity index (χ2n) is 9.63. The molecule has 1 unspecified atom stereocenters. The number of aromatic nitrogens is 3. The molecule has 2 saturated heterocycles. The molecule has 1 aromatic heterocycles. The van der Waals surface area contributed by atoms with Crippen LogP contribution >= 0.6 is 0 Å². The summed E-state index contributed by atoms with van der Waals surface area (Å²) in [6.45, 7) is 3.92. The van der Waals surface area contributed by atoms with Gasteiger partial charge in [-0.05, 0) is 41.8 Å². The van der Waals surface area contributed by atoms with Gasteiger partial charge in [0.15, 0.2) is 0 Å². The largest absolute Gasteiger partial charge is 0.367 e. The molecule has 37 heavy (non-hydrogen) atoms. The number of nitrogens with zero attached hydrogens (tertiary/aromatic N) is 6. The lowest BCUT2D eigenvalue weighted by Crippen LogP contribution is -2.52. The fourth-order valence-corrected chi connectivity index (χ4v) is 5.32. The highest BCUT2D eigenvalue weighted by molar-refractivity contribution is 6.05. The molecule has 0 spiro atoms. The van der Waals surface area contributed by atoms with Crippen LogP contribution in [0.25, 0.3) is 5.69 Å². The number of piperidine rings is 1. The van der Waals surface area contributed by atoms with Gasteiger partial charge in [0.1, 0.15) is 24.5 Å². The van der Waals surface area contributed by atoms with Gasteiger partial charge in [-0.3, -0.25) is 24.6 Å². The normalized spacial score (nSPS) is 20.4. The van der Waals surface area contributed by atoms with E-state index in [0.29, 0.717) is 29.9 Å². The number of halogens is 1. The second kappa shape index (κ2) is 9.40. The van der Waals surface area contributed by atoms with E-state index in [2.05, 4.69) is 32.4 Å². The standard InChI is InChI=1S/C26H26FN7O3/c27-21-12-20-18(14-33(26(20)37)22-5-6-24(35)30-25(22)36)11-23(21)32-9-7-31(8-10-32)13-17-1-3-19(4-2-17)34-16-28-15-29-34/h1-4,11-12,15-16,22H,5-10,13-14H2,(H,30,35,36). The molecule has 1 atom stereocenters. The SMILES string of the molecule is O=C1CCC(N2Cc3cc(N4CCN(Cc5ccc(-n6cncn6)cc5)CC4)c(F)cc3C2=O)C(=O)N1. The summed E-state index contributed by atoms with van der Waals surface area (Å²) in [7, 11) is 0. The minimum Gasteiger partial charge on any atom is -0.367 e. The van der Waals surface area contributed by atoms with Crippen molar-refractivity contribution in [2.24, 2.45) is 0 Å². The molecule has 3 aliphatic rings. The van der Waals surface area contributed by atoms with Gasteiger partial charge < -0.3 is 9.80 Å². The molecule has 4 heterocycles.